The third-order valence-corrected chi connectivity index (χ3v) is 6.15. The summed E-state index contributed by atoms with van der Waals surface area (Å²) in [5, 5.41) is 12.6. The Morgan fingerprint density at radius 3 is 2.56 bits per heavy atom. The number of amides is 3. The van der Waals surface area contributed by atoms with Crippen molar-refractivity contribution in [2.45, 2.75) is 33.1 Å². The Kier molecular flexibility index (Phi) is 9.88. The molecule has 2 aromatic heterocycles. The Bertz CT molecular complexity index is 1530. The summed E-state index contributed by atoms with van der Waals surface area (Å²) < 4.78 is 27.0. The number of aromatic nitrogens is 3. The number of halogens is 2. The topological polar surface area (TPSA) is 119 Å². The number of anilines is 3. The molecule has 0 aliphatic heterocycles. The number of aryl methyl sites for hydroxylation is 2. The quantitative estimate of drug-likeness (QED) is 0.181. The molecular weight excluding hydrogens is 551 g/mol. The highest BCUT2D eigenvalue weighted by molar-refractivity contribution is 6.34. The Morgan fingerprint density at radius 2 is 1.83 bits per heavy atom. The number of urea groups is 1. The van der Waals surface area contributed by atoms with Gasteiger partial charge in [-0.05, 0) is 38.0 Å². The first-order valence-corrected chi connectivity index (χ1v) is 13.3. The number of unbranched alkanes of at least 4 members (excludes halogenated alkanes) is 1. The zero-order valence-electron chi connectivity index (χ0n) is 22.8. The van der Waals surface area contributed by atoms with Gasteiger partial charge < -0.3 is 20.1 Å². The fourth-order valence-corrected chi connectivity index (χ4v) is 4.04. The van der Waals surface area contributed by atoms with Crippen LogP contribution in [-0.2, 0) is 16.0 Å². The van der Waals surface area contributed by atoms with Gasteiger partial charge in [0, 0.05) is 37.6 Å². The first kappa shape index (κ1) is 29.5. The van der Waals surface area contributed by atoms with E-state index in [1.165, 1.54) is 31.5 Å². The zero-order chi connectivity index (χ0) is 29.4. The summed E-state index contributed by atoms with van der Waals surface area (Å²) in [6.45, 7) is 3.94. The van der Waals surface area contributed by atoms with Gasteiger partial charge in [0.2, 0.25) is 0 Å². The smallest absolute Gasteiger partial charge is 0.324 e. The maximum atomic E-state index is 15.0. The van der Waals surface area contributed by atoms with E-state index in [2.05, 4.69) is 33.0 Å². The molecule has 2 aromatic carbocycles. The predicted octanol–water partition coefficient (Wildman–Crippen LogP) is 6.73. The van der Waals surface area contributed by atoms with Crippen LogP contribution in [0.25, 0.3) is 5.69 Å². The number of hydrogen-bond donors (Lipinski definition) is 3. The standard InChI is InChI=1S/C29H30ClFN6O4/c1-4-5-6-19-13-27(37(36-19)20-9-7-18(2)8-10-20)35-29(39)33-24-16-23(31)25(15-22(24)30)41-21-11-12-32-26(14-21)34-28(38)17-40-3/h7-16H,4-6,17H2,1-3H3,(H,32,34,38)(H2,33,35,39). The summed E-state index contributed by atoms with van der Waals surface area (Å²) >= 11 is 6.36. The van der Waals surface area contributed by atoms with Gasteiger partial charge in [-0.3, -0.25) is 10.1 Å². The molecule has 0 atom stereocenters. The van der Waals surface area contributed by atoms with Crippen LogP contribution in [0.4, 0.5) is 26.5 Å². The molecule has 0 aliphatic rings. The summed E-state index contributed by atoms with van der Waals surface area (Å²) in [5.74, 6) is -0.477. The molecule has 3 N–H and O–H groups in total. The molecule has 4 aromatic rings. The average molecular weight is 581 g/mol. The van der Waals surface area contributed by atoms with Gasteiger partial charge in [-0.2, -0.15) is 5.10 Å². The molecule has 3 amide bonds. The number of carbonyl (C=O) groups is 2. The lowest BCUT2D eigenvalue weighted by Crippen LogP contribution is -2.21. The van der Waals surface area contributed by atoms with E-state index in [0.717, 1.165) is 42.3 Å². The van der Waals surface area contributed by atoms with Gasteiger partial charge in [0.15, 0.2) is 11.6 Å². The second kappa shape index (κ2) is 13.7. The van der Waals surface area contributed by atoms with Gasteiger partial charge in [0.1, 0.15) is 24.0 Å². The maximum Gasteiger partial charge on any atom is 0.324 e. The van der Waals surface area contributed by atoms with Gasteiger partial charge in [0.25, 0.3) is 5.91 Å². The minimum atomic E-state index is -0.766. The van der Waals surface area contributed by atoms with Crippen LogP contribution in [0.15, 0.2) is 60.8 Å². The van der Waals surface area contributed by atoms with Crippen molar-refractivity contribution in [3.05, 3.63) is 82.9 Å². The van der Waals surface area contributed by atoms with Crippen LogP contribution in [-0.4, -0.2) is 40.4 Å². The normalized spacial score (nSPS) is 10.8. The molecule has 0 saturated heterocycles. The SMILES string of the molecule is CCCCc1cc(NC(=O)Nc2cc(F)c(Oc3ccnc(NC(=O)COC)c3)cc2Cl)n(-c2ccc(C)cc2)n1. The molecular formula is C29H30ClFN6O4. The molecule has 41 heavy (non-hydrogen) atoms. The number of methoxy groups -OCH3 is 1. The highest BCUT2D eigenvalue weighted by Gasteiger charge is 2.16. The molecule has 0 saturated carbocycles. The molecule has 4 rings (SSSR count). The van der Waals surface area contributed by atoms with E-state index in [0.29, 0.717) is 5.82 Å². The van der Waals surface area contributed by atoms with Crippen LogP contribution >= 0.6 is 11.6 Å². The Balaban J connectivity index is 1.48. The molecule has 214 valence electrons. The molecule has 0 fully saturated rings. The monoisotopic (exact) mass is 580 g/mol. The number of hydrogen-bond acceptors (Lipinski definition) is 6. The lowest BCUT2D eigenvalue weighted by atomic mass is 10.2. The first-order valence-electron chi connectivity index (χ1n) is 12.9. The van der Waals surface area contributed by atoms with Crippen molar-refractivity contribution in [2.24, 2.45) is 0 Å². The second-order valence-corrected chi connectivity index (χ2v) is 9.58. The average Bonchev–Trinajstić information content (AvgIpc) is 3.33. The maximum absolute atomic E-state index is 15.0. The Labute approximate surface area is 241 Å². The van der Waals surface area contributed by atoms with Crippen molar-refractivity contribution >= 4 is 40.9 Å². The van der Waals surface area contributed by atoms with Crippen molar-refractivity contribution in [1.29, 1.82) is 0 Å². The van der Waals surface area contributed by atoms with Crippen molar-refractivity contribution in [3.8, 4) is 17.2 Å². The van der Waals surface area contributed by atoms with Crippen molar-refractivity contribution in [1.82, 2.24) is 14.8 Å². The Hall–Kier alpha value is -4.48. The summed E-state index contributed by atoms with van der Waals surface area (Å²) in [6, 6.07) is 14.2. The van der Waals surface area contributed by atoms with Crippen molar-refractivity contribution < 1.29 is 23.5 Å². The number of pyridine rings is 1. The fraction of sp³-hybridized carbons (Fsp3) is 0.241. The third kappa shape index (κ3) is 8.03. The molecule has 0 spiro atoms. The molecule has 0 bridgehead atoms. The number of benzene rings is 2. The molecule has 0 unspecified atom stereocenters. The number of nitrogens with one attached hydrogen (secondary N) is 3. The summed E-state index contributed by atoms with van der Waals surface area (Å²) in [7, 11) is 1.39. The highest BCUT2D eigenvalue weighted by Crippen LogP contribution is 2.33. The van der Waals surface area contributed by atoms with Crippen LogP contribution in [0.2, 0.25) is 5.02 Å². The first-order chi connectivity index (χ1) is 19.7. The molecule has 0 aliphatic carbocycles. The van der Waals surface area contributed by atoms with E-state index in [1.54, 1.807) is 4.68 Å². The van der Waals surface area contributed by atoms with Gasteiger partial charge in [-0.15, -0.1) is 0 Å². The van der Waals surface area contributed by atoms with Crippen LogP contribution < -0.4 is 20.7 Å². The van der Waals surface area contributed by atoms with E-state index in [1.807, 2.05) is 37.3 Å². The second-order valence-electron chi connectivity index (χ2n) is 9.17. The minimum Gasteiger partial charge on any atom is -0.454 e. The van der Waals surface area contributed by atoms with Crippen LogP contribution in [0.5, 0.6) is 11.5 Å². The van der Waals surface area contributed by atoms with Crippen LogP contribution in [0.3, 0.4) is 0 Å². The van der Waals surface area contributed by atoms with Crippen molar-refractivity contribution in [3.63, 3.8) is 0 Å². The fourth-order valence-electron chi connectivity index (χ4n) is 3.83. The number of nitrogens with zero attached hydrogens (tertiary/aromatic N) is 3. The summed E-state index contributed by atoms with van der Waals surface area (Å²) in [4.78, 5) is 28.7. The van der Waals surface area contributed by atoms with Gasteiger partial charge >= 0.3 is 6.03 Å². The zero-order valence-corrected chi connectivity index (χ0v) is 23.6. The number of rotatable bonds is 11. The van der Waals surface area contributed by atoms with E-state index < -0.39 is 17.8 Å². The largest absolute Gasteiger partial charge is 0.454 e. The molecule has 10 nitrogen and oxygen atoms in total. The van der Waals surface area contributed by atoms with Gasteiger partial charge in [0.05, 0.1) is 22.1 Å². The van der Waals surface area contributed by atoms with Crippen LogP contribution in [0, 0.1) is 12.7 Å². The molecule has 12 heteroatoms. The van der Waals surface area contributed by atoms with Gasteiger partial charge in [-0.25, -0.2) is 18.9 Å². The van der Waals surface area contributed by atoms with E-state index >= 15 is 0 Å². The predicted molar refractivity (Wildman–Crippen MR) is 156 cm³/mol. The number of ether oxygens (including phenoxy) is 2. The highest BCUT2D eigenvalue weighted by atomic mass is 35.5. The Morgan fingerprint density at radius 1 is 1.05 bits per heavy atom. The summed E-state index contributed by atoms with van der Waals surface area (Å²) in [6.07, 6.45) is 4.13. The summed E-state index contributed by atoms with van der Waals surface area (Å²) in [5.41, 5.74) is 2.77. The van der Waals surface area contributed by atoms with E-state index in [9.17, 15) is 14.0 Å². The lowest BCUT2D eigenvalue weighted by molar-refractivity contribution is -0.119. The third-order valence-electron chi connectivity index (χ3n) is 5.84. The van der Waals surface area contributed by atoms with E-state index in [4.69, 9.17) is 21.1 Å². The lowest BCUT2D eigenvalue weighted by Gasteiger charge is -2.13. The van der Waals surface area contributed by atoms with Crippen molar-refractivity contribution in [2.75, 3.05) is 29.7 Å². The molecule has 0 radical (unpaired) electrons. The number of carbonyl (C=O) groups excluding carboxylic acids is 2. The van der Waals surface area contributed by atoms with E-state index in [-0.39, 0.29) is 34.6 Å². The van der Waals surface area contributed by atoms with Gasteiger partial charge in [-0.1, -0.05) is 42.6 Å². The van der Waals surface area contributed by atoms with Crippen LogP contribution in [0.1, 0.15) is 31.0 Å². The minimum absolute atomic E-state index is 0.0453. The molecule has 2 heterocycles.